The lowest BCUT2D eigenvalue weighted by molar-refractivity contribution is 0.321. The zero-order valence-electron chi connectivity index (χ0n) is 7.72. The second-order valence-corrected chi connectivity index (χ2v) is 4.20. The van der Waals surface area contributed by atoms with E-state index in [1.165, 1.54) is 9.78 Å². The summed E-state index contributed by atoms with van der Waals surface area (Å²) >= 11 is 2.25. The Bertz CT molecular complexity index is 474. The summed E-state index contributed by atoms with van der Waals surface area (Å²) in [6, 6.07) is 11.6. The van der Waals surface area contributed by atoms with Gasteiger partial charge in [-0.3, -0.25) is 0 Å². The van der Waals surface area contributed by atoms with Crippen molar-refractivity contribution < 1.29 is 9.62 Å². The first-order chi connectivity index (χ1) is 7.29. The van der Waals surface area contributed by atoms with Crippen molar-refractivity contribution in [3.05, 3.63) is 45.7 Å². The van der Waals surface area contributed by atoms with E-state index < -0.39 is 0 Å². The van der Waals surface area contributed by atoms with Gasteiger partial charge in [0, 0.05) is 9.13 Å². The smallest absolute Gasteiger partial charge is 0.149 e. The number of nitrogens with zero attached hydrogens (tertiary/aromatic N) is 1. The highest BCUT2D eigenvalue weighted by Gasteiger charge is 2.02. The largest absolute Gasteiger partial charge is 0.455 e. The van der Waals surface area contributed by atoms with Crippen LogP contribution in [0.5, 0.6) is 0 Å². The van der Waals surface area contributed by atoms with Crippen LogP contribution in [0.4, 0.5) is 0 Å². The molecule has 0 saturated heterocycles. The molecule has 0 fully saturated rings. The Morgan fingerprint density at radius 3 is 2.53 bits per heavy atom. The average Bonchev–Trinajstić information content (AvgIpc) is 2.68. The molecular weight excluding hydrogens is 305 g/mol. The molecule has 0 aliphatic heterocycles. The van der Waals surface area contributed by atoms with Crippen LogP contribution < -0.4 is 0 Å². The molecule has 1 heterocycles. The summed E-state index contributed by atoms with van der Waals surface area (Å²) in [4.78, 5) is 0. The lowest BCUT2D eigenvalue weighted by Gasteiger charge is -1.96. The van der Waals surface area contributed by atoms with Crippen molar-refractivity contribution in [1.82, 2.24) is 0 Å². The van der Waals surface area contributed by atoms with E-state index in [0.717, 1.165) is 11.3 Å². The summed E-state index contributed by atoms with van der Waals surface area (Å²) in [5.41, 5.74) is 1.01. The van der Waals surface area contributed by atoms with Gasteiger partial charge in [-0.1, -0.05) is 17.3 Å². The maximum atomic E-state index is 8.34. The predicted molar refractivity (Wildman–Crippen MR) is 66.2 cm³/mol. The number of oxime groups is 1. The number of halogens is 1. The number of benzene rings is 1. The fourth-order valence-electron chi connectivity index (χ4n) is 1.25. The van der Waals surface area contributed by atoms with E-state index in [2.05, 4.69) is 27.7 Å². The van der Waals surface area contributed by atoms with Gasteiger partial charge in [0.05, 0.1) is 0 Å². The van der Waals surface area contributed by atoms with E-state index in [1.807, 2.05) is 30.3 Å². The van der Waals surface area contributed by atoms with Crippen LogP contribution >= 0.6 is 22.6 Å². The van der Waals surface area contributed by atoms with Crippen LogP contribution in [-0.2, 0) is 0 Å². The normalized spacial score (nSPS) is 11.0. The van der Waals surface area contributed by atoms with Crippen LogP contribution in [0.15, 0.2) is 46.0 Å². The van der Waals surface area contributed by atoms with Gasteiger partial charge in [-0.2, -0.15) is 0 Å². The summed E-state index contributed by atoms with van der Waals surface area (Å²) in [5.74, 6) is 1.30. The molecule has 0 amide bonds. The standard InChI is InChI=1S/C11H8INO2/c12-9-3-1-8(2-4-9)11-6-5-10(15-11)7-13-14/h1-7,14H/b13-7-. The number of rotatable bonds is 2. The summed E-state index contributed by atoms with van der Waals surface area (Å²) in [7, 11) is 0. The van der Waals surface area contributed by atoms with Gasteiger partial charge < -0.3 is 9.62 Å². The Balaban J connectivity index is 2.33. The molecule has 0 bridgehead atoms. The average molecular weight is 313 g/mol. The fraction of sp³-hybridized carbons (Fsp3) is 0. The first-order valence-corrected chi connectivity index (χ1v) is 5.40. The van der Waals surface area contributed by atoms with Crippen molar-refractivity contribution in [3.63, 3.8) is 0 Å². The third-order valence-corrected chi connectivity index (χ3v) is 2.66. The Labute approximate surface area is 101 Å². The molecular formula is C11H8INO2. The molecule has 1 aromatic heterocycles. The van der Waals surface area contributed by atoms with Crippen molar-refractivity contribution in [2.75, 3.05) is 0 Å². The van der Waals surface area contributed by atoms with E-state index in [9.17, 15) is 0 Å². The minimum absolute atomic E-state index is 0.533. The molecule has 2 aromatic rings. The molecule has 4 heteroatoms. The fourth-order valence-corrected chi connectivity index (χ4v) is 1.61. The zero-order valence-corrected chi connectivity index (χ0v) is 9.88. The summed E-state index contributed by atoms with van der Waals surface area (Å²) in [6.07, 6.45) is 1.26. The second-order valence-electron chi connectivity index (χ2n) is 2.95. The van der Waals surface area contributed by atoms with Gasteiger partial charge in [0.1, 0.15) is 17.7 Å². The van der Waals surface area contributed by atoms with Crippen LogP contribution in [-0.4, -0.2) is 11.4 Å². The van der Waals surface area contributed by atoms with Gasteiger partial charge in [0.2, 0.25) is 0 Å². The molecule has 0 unspecified atom stereocenters. The highest BCUT2D eigenvalue weighted by atomic mass is 127. The molecule has 1 N–H and O–H groups in total. The third-order valence-electron chi connectivity index (χ3n) is 1.94. The monoisotopic (exact) mass is 313 g/mol. The third kappa shape index (κ3) is 2.38. The summed E-state index contributed by atoms with van der Waals surface area (Å²) in [5, 5.41) is 11.3. The van der Waals surface area contributed by atoms with E-state index >= 15 is 0 Å². The molecule has 1 aromatic carbocycles. The first-order valence-electron chi connectivity index (χ1n) is 4.33. The molecule has 0 radical (unpaired) electrons. The van der Waals surface area contributed by atoms with Gasteiger partial charge in [-0.25, -0.2) is 0 Å². The van der Waals surface area contributed by atoms with Gasteiger partial charge in [-0.05, 0) is 46.9 Å². The number of hydrogen-bond donors (Lipinski definition) is 1. The van der Waals surface area contributed by atoms with Gasteiger partial charge >= 0.3 is 0 Å². The van der Waals surface area contributed by atoms with Crippen molar-refractivity contribution >= 4 is 28.8 Å². The predicted octanol–water partition coefficient (Wildman–Crippen LogP) is 3.36. The van der Waals surface area contributed by atoms with E-state index in [4.69, 9.17) is 9.62 Å². The molecule has 0 atom stereocenters. The maximum Gasteiger partial charge on any atom is 0.149 e. The van der Waals surface area contributed by atoms with Crippen LogP contribution in [0.25, 0.3) is 11.3 Å². The quantitative estimate of drug-likeness (QED) is 0.400. The lowest BCUT2D eigenvalue weighted by atomic mass is 10.2. The lowest BCUT2D eigenvalue weighted by Crippen LogP contribution is -1.75. The first kappa shape index (κ1) is 10.2. The Hall–Kier alpha value is -1.30. The van der Waals surface area contributed by atoms with Crippen LogP contribution in [0.2, 0.25) is 0 Å². The van der Waals surface area contributed by atoms with Crippen LogP contribution in [0.3, 0.4) is 0 Å². The summed E-state index contributed by atoms with van der Waals surface area (Å²) < 4.78 is 6.62. The second kappa shape index (κ2) is 4.48. The molecule has 3 nitrogen and oxygen atoms in total. The molecule has 2 rings (SSSR count). The highest BCUT2D eigenvalue weighted by Crippen LogP contribution is 2.22. The van der Waals surface area contributed by atoms with Gasteiger partial charge in [-0.15, -0.1) is 0 Å². The molecule has 76 valence electrons. The molecule has 0 aliphatic carbocycles. The van der Waals surface area contributed by atoms with Crippen molar-refractivity contribution in [2.45, 2.75) is 0 Å². The topological polar surface area (TPSA) is 45.7 Å². The maximum absolute atomic E-state index is 8.34. The van der Waals surface area contributed by atoms with Gasteiger partial charge in [0.25, 0.3) is 0 Å². The SMILES string of the molecule is O/N=C\c1ccc(-c2ccc(I)cc2)o1. The van der Waals surface area contributed by atoms with Crippen molar-refractivity contribution in [2.24, 2.45) is 5.16 Å². The van der Waals surface area contributed by atoms with Crippen LogP contribution in [0, 0.1) is 3.57 Å². The minimum Gasteiger partial charge on any atom is -0.455 e. The van der Waals surface area contributed by atoms with Gasteiger partial charge in [0.15, 0.2) is 0 Å². The number of furan rings is 1. The molecule has 0 saturated carbocycles. The molecule has 0 aliphatic rings. The molecule has 15 heavy (non-hydrogen) atoms. The van der Waals surface area contributed by atoms with Crippen LogP contribution in [0.1, 0.15) is 5.76 Å². The summed E-state index contributed by atoms with van der Waals surface area (Å²) in [6.45, 7) is 0. The number of hydrogen-bond acceptors (Lipinski definition) is 3. The highest BCUT2D eigenvalue weighted by molar-refractivity contribution is 14.1. The minimum atomic E-state index is 0.533. The van der Waals surface area contributed by atoms with E-state index in [1.54, 1.807) is 6.07 Å². The Kier molecular flexibility index (Phi) is 3.05. The van der Waals surface area contributed by atoms with Crippen molar-refractivity contribution in [1.29, 1.82) is 0 Å². The van der Waals surface area contributed by atoms with E-state index in [-0.39, 0.29) is 0 Å². The zero-order chi connectivity index (χ0) is 10.7. The van der Waals surface area contributed by atoms with Crippen molar-refractivity contribution in [3.8, 4) is 11.3 Å². The Morgan fingerprint density at radius 1 is 1.13 bits per heavy atom. The molecule has 0 spiro atoms. The van der Waals surface area contributed by atoms with E-state index in [0.29, 0.717) is 5.76 Å². The Morgan fingerprint density at radius 2 is 1.87 bits per heavy atom.